The summed E-state index contributed by atoms with van der Waals surface area (Å²) in [5, 5.41) is 16.3. The molecule has 4 rings (SSSR count). The maximum absolute atomic E-state index is 13.3. The number of aliphatic imine (C=N–C) groups is 1. The van der Waals surface area contributed by atoms with E-state index in [2.05, 4.69) is 16.3 Å². The second-order valence-electron chi connectivity index (χ2n) is 6.87. The monoisotopic (exact) mass is 347 g/mol. The third-order valence-corrected chi connectivity index (χ3v) is 5.32. The summed E-state index contributed by atoms with van der Waals surface area (Å²) in [7, 11) is 0. The Kier molecular flexibility index (Phi) is 4.29. The van der Waals surface area contributed by atoms with Gasteiger partial charge in [-0.3, -0.25) is 9.89 Å². The number of carbonyl (C=O) groups excluding carboxylic acids is 1. The first-order chi connectivity index (χ1) is 12.7. The molecule has 6 heteroatoms. The van der Waals surface area contributed by atoms with Gasteiger partial charge in [0.1, 0.15) is 5.56 Å². The van der Waals surface area contributed by atoms with E-state index < -0.39 is 0 Å². The number of carbonyl (C=O) groups is 1. The molecule has 0 saturated heterocycles. The van der Waals surface area contributed by atoms with Gasteiger partial charge in [0, 0.05) is 6.04 Å². The Labute approximate surface area is 152 Å². The number of hydrogen-bond donors (Lipinski definition) is 1. The van der Waals surface area contributed by atoms with Crippen LogP contribution >= 0.6 is 0 Å². The zero-order valence-corrected chi connectivity index (χ0v) is 14.8. The van der Waals surface area contributed by atoms with Gasteiger partial charge in [-0.15, -0.1) is 0 Å². The van der Waals surface area contributed by atoms with Crippen LogP contribution in [0.1, 0.15) is 59.8 Å². The van der Waals surface area contributed by atoms with E-state index in [1.807, 2.05) is 24.0 Å². The number of nitriles is 1. The minimum atomic E-state index is 0.0323. The van der Waals surface area contributed by atoms with Gasteiger partial charge >= 0.3 is 0 Å². The molecule has 132 valence electrons. The van der Waals surface area contributed by atoms with Gasteiger partial charge in [-0.2, -0.15) is 10.4 Å². The molecule has 26 heavy (non-hydrogen) atoms. The number of aromatic nitrogens is 2. The Hall–Kier alpha value is -2.94. The van der Waals surface area contributed by atoms with Crippen molar-refractivity contribution in [2.75, 3.05) is 6.54 Å². The summed E-state index contributed by atoms with van der Waals surface area (Å²) in [6.07, 6.45) is 5.13. The largest absolute Gasteiger partial charge is 0.330 e. The summed E-state index contributed by atoms with van der Waals surface area (Å²) in [6.45, 7) is 2.49. The Morgan fingerprint density at radius 2 is 2.00 bits per heavy atom. The fraction of sp³-hybridized carbons (Fsp3) is 0.400. The van der Waals surface area contributed by atoms with E-state index >= 15 is 0 Å². The number of aryl methyl sites for hydroxylation is 1. The zero-order valence-electron chi connectivity index (χ0n) is 14.8. The number of nitrogens with zero attached hydrogens (tertiary/aromatic N) is 4. The van der Waals surface area contributed by atoms with Crippen LogP contribution in [0.4, 0.5) is 5.82 Å². The first kappa shape index (κ1) is 16.5. The number of aromatic amines is 1. The van der Waals surface area contributed by atoms with Gasteiger partial charge in [-0.1, -0.05) is 31.9 Å². The van der Waals surface area contributed by atoms with E-state index in [1.165, 1.54) is 0 Å². The molecule has 2 aliphatic rings. The maximum Gasteiger partial charge on any atom is 0.260 e. The topological polar surface area (TPSA) is 85.1 Å². The maximum atomic E-state index is 13.3. The SMILES string of the molecule is CCc1[nH]nc2c1C(=O)N(C1CCCC1)CC(c1ccc(C#N)cc1)=N2. The third-order valence-electron chi connectivity index (χ3n) is 5.32. The molecular formula is C20H21N5O. The molecule has 1 aliphatic heterocycles. The Morgan fingerprint density at radius 3 is 2.65 bits per heavy atom. The molecule has 1 N–H and O–H groups in total. The third kappa shape index (κ3) is 2.80. The van der Waals surface area contributed by atoms with Crippen LogP contribution in [0.2, 0.25) is 0 Å². The van der Waals surface area contributed by atoms with Gasteiger partial charge in [-0.05, 0) is 37.0 Å². The lowest BCUT2D eigenvalue weighted by molar-refractivity contribution is 0.0716. The number of hydrogen-bond acceptors (Lipinski definition) is 4. The Bertz CT molecular complexity index is 897. The summed E-state index contributed by atoms with van der Waals surface area (Å²) in [4.78, 5) is 20.0. The second kappa shape index (κ2) is 6.75. The zero-order chi connectivity index (χ0) is 18.1. The van der Waals surface area contributed by atoms with Crippen molar-refractivity contribution in [1.82, 2.24) is 15.1 Å². The van der Waals surface area contributed by atoms with Gasteiger partial charge < -0.3 is 4.90 Å². The molecule has 0 unspecified atom stereocenters. The van der Waals surface area contributed by atoms with Crippen LogP contribution in [0.5, 0.6) is 0 Å². The van der Waals surface area contributed by atoms with Crippen molar-refractivity contribution in [2.45, 2.75) is 45.1 Å². The minimum absolute atomic E-state index is 0.0323. The molecule has 2 aromatic rings. The van der Waals surface area contributed by atoms with Gasteiger partial charge in [0.25, 0.3) is 5.91 Å². The number of rotatable bonds is 3. The predicted octanol–water partition coefficient (Wildman–Crippen LogP) is 3.36. The van der Waals surface area contributed by atoms with Crippen molar-refractivity contribution in [3.63, 3.8) is 0 Å². The highest BCUT2D eigenvalue weighted by Crippen LogP contribution is 2.31. The van der Waals surface area contributed by atoms with Crippen molar-refractivity contribution in [2.24, 2.45) is 4.99 Å². The van der Waals surface area contributed by atoms with Crippen LogP contribution in [0.25, 0.3) is 0 Å². The summed E-state index contributed by atoms with van der Waals surface area (Å²) < 4.78 is 0. The molecule has 0 radical (unpaired) electrons. The van der Waals surface area contributed by atoms with Gasteiger partial charge in [0.2, 0.25) is 0 Å². The highest BCUT2D eigenvalue weighted by molar-refractivity contribution is 6.10. The summed E-state index contributed by atoms with van der Waals surface area (Å²) in [5.41, 5.74) is 3.82. The first-order valence-corrected chi connectivity index (χ1v) is 9.17. The van der Waals surface area contributed by atoms with E-state index in [1.54, 1.807) is 12.1 Å². The average Bonchev–Trinajstić information content (AvgIpc) is 3.32. The van der Waals surface area contributed by atoms with Crippen LogP contribution in [0.15, 0.2) is 29.3 Å². The number of H-pyrrole nitrogens is 1. The van der Waals surface area contributed by atoms with Gasteiger partial charge in [-0.25, -0.2) is 4.99 Å². The van der Waals surface area contributed by atoms with Crippen molar-refractivity contribution >= 4 is 17.4 Å². The normalized spacial score (nSPS) is 17.6. The molecule has 0 spiro atoms. The molecule has 1 aromatic carbocycles. The smallest absolute Gasteiger partial charge is 0.260 e. The lowest BCUT2D eigenvalue weighted by Crippen LogP contribution is -2.41. The molecule has 1 aliphatic carbocycles. The number of nitrogens with one attached hydrogen (secondary N) is 1. The lowest BCUT2D eigenvalue weighted by atomic mass is 10.1. The second-order valence-corrected chi connectivity index (χ2v) is 6.87. The molecule has 1 fully saturated rings. The van der Waals surface area contributed by atoms with Crippen LogP contribution in [-0.4, -0.2) is 39.3 Å². The summed E-state index contributed by atoms with van der Waals surface area (Å²) in [6, 6.07) is 9.76. The fourth-order valence-electron chi connectivity index (χ4n) is 3.87. The van der Waals surface area contributed by atoms with Gasteiger partial charge in [0.15, 0.2) is 5.82 Å². The van der Waals surface area contributed by atoms with E-state index in [-0.39, 0.29) is 11.9 Å². The van der Waals surface area contributed by atoms with Crippen LogP contribution in [-0.2, 0) is 6.42 Å². The molecule has 1 amide bonds. The van der Waals surface area contributed by atoms with Gasteiger partial charge in [0.05, 0.1) is 29.6 Å². The van der Waals surface area contributed by atoms with E-state index in [4.69, 9.17) is 10.3 Å². The molecule has 0 bridgehead atoms. The van der Waals surface area contributed by atoms with Crippen LogP contribution in [0, 0.1) is 11.3 Å². The number of fused-ring (bicyclic) bond motifs is 1. The molecular weight excluding hydrogens is 326 g/mol. The van der Waals surface area contributed by atoms with Crippen molar-refractivity contribution in [3.05, 3.63) is 46.6 Å². The molecule has 2 heterocycles. The van der Waals surface area contributed by atoms with E-state index in [0.29, 0.717) is 29.9 Å². The number of amides is 1. The van der Waals surface area contributed by atoms with Crippen molar-refractivity contribution in [1.29, 1.82) is 5.26 Å². The number of benzene rings is 1. The minimum Gasteiger partial charge on any atom is -0.330 e. The van der Waals surface area contributed by atoms with Crippen molar-refractivity contribution < 1.29 is 4.79 Å². The summed E-state index contributed by atoms with van der Waals surface area (Å²) in [5.74, 6) is 0.511. The average molecular weight is 347 g/mol. The standard InChI is InChI=1S/C20H21N5O/c1-2-16-18-19(24-23-16)22-17(14-9-7-13(11-21)8-10-14)12-25(20(18)26)15-5-3-4-6-15/h7-10,15H,2-6,12H2,1H3,(H,23,24). The Balaban J connectivity index is 1.80. The lowest BCUT2D eigenvalue weighted by Gasteiger charge is -2.28. The molecule has 1 aromatic heterocycles. The van der Waals surface area contributed by atoms with E-state index in [9.17, 15) is 4.79 Å². The summed E-state index contributed by atoms with van der Waals surface area (Å²) >= 11 is 0. The predicted molar refractivity (Wildman–Crippen MR) is 98.6 cm³/mol. The molecule has 0 atom stereocenters. The van der Waals surface area contributed by atoms with Crippen LogP contribution in [0.3, 0.4) is 0 Å². The fourth-order valence-corrected chi connectivity index (χ4v) is 3.87. The Morgan fingerprint density at radius 1 is 1.27 bits per heavy atom. The molecule has 6 nitrogen and oxygen atoms in total. The quantitative estimate of drug-likeness (QED) is 0.924. The van der Waals surface area contributed by atoms with Crippen LogP contribution < -0.4 is 0 Å². The molecule has 1 saturated carbocycles. The highest BCUT2D eigenvalue weighted by Gasteiger charge is 2.34. The van der Waals surface area contributed by atoms with E-state index in [0.717, 1.165) is 42.7 Å². The van der Waals surface area contributed by atoms with Crippen molar-refractivity contribution in [3.8, 4) is 6.07 Å². The first-order valence-electron chi connectivity index (χ1n) is 9.17. The highest BCUT2D eigenvalue weighted by atomic mass is 16.2.